The third-order valence-corrected chi connectivity index (χ3v) is 4.73. The largest absolute Gasteiger partial charge is 0.462 e. The second-order valence-corrected chi connectivity index (χ2v) is 6.91. The van der Waals surface area contributed by atoms with Crippen LogP contribution in [-0.2, 0) is 4.74 Å². The van der Waals surface area contributed by atoms with Crippen LogP contribution in [0.1, 0.15) is 61.6 Å². The number of hydrogen-bond donors (Lipinski definition) is 2. The molecule has 6 nitrogen and oxygen atoms in total. The van der Waals surface area contributed by atoms with Gasteiger partial charge in [0.05, 0.1) is 17.9 Å². The van der Waals surface area contributed by atoms with E-state index < -0.39 is 0 Å². The summed E-state index contributed by atoms with van der Waals surface area (Å²) in [6.45, 7) is 4.02. The molecule has 1 aliphatic carbocycles. The summed E-state index contributed by atoms with van der Waals surface area (Å²) in [5.74, 6) is 1.83. The molecule has 1 fully saturated rings. The predicted octanol–water partition coefficient (Wildman–Crippen LogP) is 4.84. The molecular weight excluding hydrogens is 340 g/mol. The number of nitrogens with one attached hydrogen (secondary N) is 2. The molecule has 1 aromatic heterocycles. The van der Waals surface area contributed by atoms with Crippen LogP contribution in [0.4, 0.5) is 17.3 Å². The van der Waals surface area contributed by atoms with Crippen LogP contribution in [0.15, 0.2) is 30.3 Å². The molecule has 2 N–H and O–H groups in total. The van der Waals surface area contributed by atoms with Gasteiger partial charge in [0.25, 0.3) is 0 Å². The first-order valence-electron chi connectivity index (χ1n) is 9.81. The minimum Gasteiger partial charge on any atom is -0.462 e. The SMILES string of the molecule is CCOC(=O)c1ccccc1Nc1cc(NC2CCCCCC2)nc(C)n1. The summed E-state index contributed by atoms with van der Waals surface area (Å²) in [6.07, 6.45) is 7.52. The number of carbonyl (C=O) groups is 1. The highest BCUT2D eigenvalue weighted by atomic mass is 16.5. The van der Waals surface area contributed by atoms with Crippen LogP contribution < -0.4 is 10.6 Å². The predicted molar refractivity (Wildman–Crippen MR) is 108 cm³/mol. The molecule has 6 heteroatoms. The number of esters is 1. The summed E-state index contributed by atoms with van der Waals surface area (Å²) in [4.78, 5) is 21.2. The van der Waals surface area contributed by atoms with Crippen LogP contribution >= 0.6 is 0 Å². The molecule has 1 saturated carbocycles. The molecular formula is C21H28N4O2. The second kappa shape index (κ2) is 9.35. The van der Waals surface area contributed by atoms with Crippen molar-refractivity contribution in [2.24, 2.45) is 0 Å². The zero-order valence-corrected chi connectivity index (χ0v) is 16.1. The van der Waals surface area contributed by atoms with Crippen LogP contribution in [0.25, 0.3) is 0 Å². The van der Waals surface area contributed by atoms with Crippen LogP contribution in [-0.4, -0.2) is 28.6 Å². The van der Waals surface area contributed by atoms with Crippen LogP contribution in [0.2, 0.25) is 0 Å². The first-order valence-corrected chi connectivity index (χ1v) is 9.81. The van der Waals surface area contributed by atoms with Gasteiger partial charge in [0, 0.05) is 12.1 Å². The Morgan fingerprint density at radius 3 is 2.56 bits per heavy atom. The van der Waals surface area contributed by atoms with E-state index in [1.54, 1.807) is 13.0 Å². The Kier molecular flexibility index (Phi) is 6.63. The summed E-state index contributed by atoms with van der Waals surface area (Å²) in [5.41, 5.74) is 1.17. The molecule has 0 atom stereocenters. The van der Waals surface area contributed by atoms with Crippen molar-refractivity contribution in [1.82, 2.24) is 9.97 Å². The summed E-state index contributed by atoms with van der Waals surface area (Å²) >= 11 is 0. The van der Waals surface area contributed by atoms with Gasteiger partial charge in [0.1, 0.15) is 17.5 Å². The van der Waals surface area contributed by atoms with Crippen LogP contribution in [0.5, 0.6) is 0 Å². The number of benzene rings is 1. The van der Waals surface area contributed by atoms with Gasteiger partial charge in [-0.2, -0.15) is 0 Å². The van der Waals surface area contributed by atoms with Gasteiger partial charge in [-0.05, 0) is 38.8 Å². The zero-order valence-electron chi connectivity index (χ0n) is 16.1. The molecule has 1 heterocycles. The molecule has 3 rings (SSSR count). The summed E-state index contributed by atoms with van der Waals surface area (Å²) < 4.78 is 5.14. The van der Waals surface area contributed by atoms with Gasteiger partial charge < -0.3 is 15.4 Å². The molecule has 0 spiro atoms. The molecule has 144 valence electrons. The third-order valence-electron chi connectivity index (χ3n) is 4.73. The van der Waals surface area contributed by atoms with Gasteiger partial charge in [-0.1, -0.05) is 37.8 Å². The Hall–Kier alpha value is -2.63. The summed E-state index contributed by atoms with van der Waals surface area (Å²) in [5, 5.41) is 6.81. The molecule has 0 bridgehead atoms. The highest BCUT2D eigenvalue weighted by molar-refractivity contribution is 5.96. The third kappa shape index (κ3) is 5.42. The first kappa shape index (κ1) is 19.1. The van der Waals surface area contributed by atoms with Crippen molar-refractivity contribution in [2.45, 2.75) is 58.4 Å². The van der Waals surface area contributed by atoms with Gasteiger partial charge >= 0.3 is 5.97 Å². The lowest BCUT2D eigenvalue weighted by atomic mass is 10.1. The monoisotopic (exact) mass is 368 g/mol. The number of carbonyl (C=O) groups excluding carboxylic acids is 1. The van der Waals surface area contributed by atoms with Crippen LogP contribution in [0.3, 0.4) is 0 Å². The lowest BCUT2D eigenvalue weighted by Crippen LogP contribution is -2.19. The van der Waals surface area contributed by atoms with E-state index in [1.807, 2.05) is 31.2 Å². The molecule has 0 amide bonds. The molecule has 27 heavy (non-hydrogen) atoms. The lowest BCUT2D eigenvalue weighted by molar-refractivity contribution is 0.0527. The van der Waals surface area contributed by atoms with Gasteiger partial charge in [-0.15, -0.1) is 0 Å². The molecule has 1 aromatic carbocycles. The van der Waals surface area contributed by atoms with Crippen molar-refractivity contribution in [3.05, 3.63) is 41.7 Å². The van der Waals surface area contributed by atoms with E-state index in [0.717, 1.165) is 5.82 Å². The first-order chi connectivity index (χ1) is 13.2. The maximum atomic E-state index is 12.2. The Morgan fingerprint density at radius 2 is 1.81 bits per heavy atom. The summed E-state index contributed by atoms with van der Waals surface area (Å²) in [6, 6.07) is 9.66. The van der Waals surface area contributed by atoms with Crippen molar-refractivity contribution in [2.75, 3.05) is 17.2 Å². The van der Waals surface area contributed by atoms with E-state index >= 15 is 0 Å². The number of nitrogens with zero attached hydrogens (tertiary/aromatic N) is 2. The Balaban J connectivity index is 1.78. The molecule has 0 unspecified atom stereocenters. The number of rotatable bonds is 6. The van der Waals surface area contributed by atoms with E-state index in [4.69, 9.17) is 4.74 Å². The van der Waals surface area contributed by atoms with Crippen molar-refractivity contribution in [3.63, 3.8) is 0 Å². The fourth-order valence-electron chi connectivity index (χ4n) is 3.46. The van der Waals surface area contributed by atoms with E-state index in [2.05, 4.69) is 20.6 Å². The normalized spacial score (nSPS) is 15.0. The number of aryl methyl sites for hydroxylation is 1. The Bertz CT molecular complexity index is 771. The van der Waals surface area contributed by atoms with Gasteiger partial charge in [0.2, 0.25) is 0 Å². The zero-order chi connectivity index (χ0) is 19.1. The number of aromatic nitrogens is 2. The molecule has 0 saturated heterocycles. The van der Waals surface area contributed by atoms with Crippen molar-refractivity contribution in [1.29, 1.82) is 0 Å². The highest BCUT2D eigenvalue weighted by Gasteiger charge is 2.15. The lowest BCUT2D eigenvalue weighted by Gasteiger charge is -2.18. The smallest absolute Gasteiger partial charge is 0.340 e. The highest BCUT2D eigenvalue weighted by Crippen LogP contribution is 2.24. The van der Waals surface area contributed by atoms with Crippen molar-refractivity contribution < 1.29 is 9.53 Å². The Morgan fingerprint density at radius 1 is 1.11 bits per heavy atom. The molecule has 0 radical (unpaired) electrons. The van der Waals surface area contributed by atoms with Gasteiger partial charge in [0.15, 0.2) is 0 Å². The minimum absolute atomic E-state index is 0.342. The number of para-hydroxylation sites is 1. The fraction of sp³-hybridized carbons (Fsp3) is 0.476. The maximum absolute atomic E-state index is 12.2. The van der Waals surface area contributed by atoms with Crippen LogP contribution in [0, 0.1) is 6.92 Å². The topological polar surface area (TPSA) is 76.1 Å². The van der Waals surface area contributed by atoms with Gasteiger partial charge in [-0.3, -0.25) is 0 Å². The van der Waals surface area contributed by atoms with E-state index in [-0.39, 0.29) is 5.97 Å². The van der Waals surface area contributed by atoms with Gasteiger partial charge in [-0.25, -0.2) is 14.8 Å². The summed E-state index contributed by atoms with van der Waals surface area (Å²) in [7, 11) is 0. The quantitative estimate of drug-likeness (QED) is 0.561. The number of hydrogen-bond acceptors (Lipinski definition) is 6. The Labute approximate surface area is 160 Å². The average molecular weight is 368 g/mol. The van der Waals surface area contributed by atoms with Crippen molar-refractivity contribution in [3.8, 4) is 0 Å². The fourth-order valence-corrected chi connectivity index (χ4v) is 3.46. The maximum Gasteiger partial charge on any atom is 0.340 e. The average Bonchev–Trinajstić information content (AvgIpc) is 2.90. The van der Waals surface area contributed by atoms with E-state index in [9.17, 15) is 4.79 Å². The minimum atomic E-state index is -0.344. The van der Waals surface area contributed by atoms with Crippen molar-refractivity contribution >= 4 is 23.3 Å². The molecule has 2 aromatic rings. The van der Waals surface area contributed by atoms with E-state index in [1.165, 1.54) is 38.5 Å². The number of anilines is 3. The standard InChI is InChI=1S/C21H28N4O2/c1-3-27-21(26)17-12-8-9-13-18(17)25-20-14-19(22-15(2)23-20)24-16-10-6-4-5-7-11-16/h8-9,12-14,16H,3-7,10-11H2,1-2H3,(H2,22,23,24,25). The second-order valence-electron chi connectivity index (χ2n) is 6.91. The number of ether oxygens (including phenoxy) is 1. The van der Waals surface area contributed by atoms with E-state index in [0.29, 0.717) is 35.5 Å². The molecule has 0 aliphatic heterocycles. The molecule has 1 aliphatic rings.